The van der Waals surface area contributed by atoms with Crippen LogP contribution in [0.4, 0.5) is 0 Å². The molecule has 0 aliphatic heterocycles. The van der Waals surface area contributed by atoms with Gasteiger partial charge in [0.05, 0.1) is 6.42 Å². The maximum atomic E-state index is 11.9. The van der Waals surface area contributed by atoms with E-state index in [2.05, 4.69) is 5.32 Å². The molecular weight excluding hydrogens is 318 g/mol. The van der Waals surface area contributed by atoms with E-state index in [-0.39, 0.29) is 12.3 Å². The Morgan fingerprint density at radius 2 is 1.80 bits per heavy atom. The molecule has 0 saturated carbocycles. The molecule has 0 radical (unpaired) electrons. The summed E-state index contributed by atoms with van der Waals surface area (Å²) >= 11 is 0. The standard InChI is InChI=1S/C20H25NO4/c1-14(2)13-21-20(23)15(3)24-19(22)12-10-17-9-11-18(25-17)16-7-5-4-6-8-16/h4-9,11,14-15H,10,12-13H2,1-3H3,(H,21,23)/t15-/m0/s1. The average molecular weight is 343 g/mol. The van der Waals surface area contributed by atoms with Crippen molar-refractivity contribution in [2.45, 2.75) is 39.7 Å². The molecule has 0 fully saturated rings. The Morgan fingerprint density at radius 3 is 2.48 bits per heavy atom. The fraction of sp³-hybridized carbons (Fsp3) is 0.400. The first kappa shape index (κ1) is 18.8. The van der Waals surface area contributed by atoms with Gasteiger partial charge in [-0.1, -0.05) is 44.2 Å². The molecule has 0 bridgehead atoms. The van der Waals surface area contributed by atoms with Gasteiger partial charge in [-0.15, -0.1) is 0 Å². The average Bonchev–Trinajstić information content (AvgIpc) is 3.07. The van der Waals surface area contributed by atoms with E-state index in [1.165, 1.54) is 0 Å². The molecule has 1 N–H and O–H groups in total. The van der Waals surface area contributed by atoms with Gasteiger partial charge in [-0.25, -0.2) is 0 Å². The van der Waals surface area contributed by atoms with Gasteiger partial charge in [-0.05, 0) is 25.0 Å². The van der Waals surface area contributed by atoms with Crippen LogP contribution in [-0.2, 0) is 20.7 Å². The highest BCUT2D eigenvalue weighted by atomic mass is 16.5. The van der Waals surface area contributed by atoms with Crippen molar-refractivity contribution in [1.82, 2.24) is 5.32 Å². The second-order valence-electron chi connectivity index (χ2n) is 6.40. The number of carbonyl (C=O) groups is 2. The molecule has 0 aliphatic carbocycles. The molecule has 0 unspecified atom stereocenters. The Balaban J connectivity index is 1.78. The van der Waals surface area contributed by atoms with Crippen molar-refractivity contribution in [2.75, 3.05) is 6.54 Å². The number of ether oxygens (including phenoxy) is 1. The lowest BCUT2D eigenvalue weighted by atomic mass is 10.2. The number of amides is 1. The Kier molecular flexibility index (Phi) is 6.81. The number of benzene rings is 1. The van der Waals surface area contributed by atoms with Crippen LogP contribution in [0.3, 0.4) is 0 Å². The number of aryl methyl sites for hydroxylation is 1. The number of hydrogen-bond donors (Lipinski definition) is 1. The van der Waals surface area contributed by atoms with Gasteiger partial charge in [0.2, 0.25) is 0 Å². The number of hydrogen-bond acceptors (Lipinski definition) is 4. The van der Waals surface area contributed by atoms with Gasteiger partial charge in [-0.3, -0.25) is 9.59 Å². The quantitative estimate of drug-likeness (QED) is 0.744. The lowest BCUT2D eigenvalue weighted by Crippen LogP contribution is -2.37. The first-order chi connectivity index (χ1) is 12.0. The van der Waals surface area contributed by atoms with E-state index < -0.39 is 12.1 Å². The molecule has 0 spiro atoms. The predicted octanol–water partition coefficient (Wildman–Crippen LogP) is 3.58. The van der Waals surface area contributed by atoms with Gasteiger partial charge in [-0.2, -0.15) is 0 Å². The zero-order valence-corrected chi connectivity index (χ0v) is 15.0. The maximum Gasteiger partial charge on any atom is 0.307 e. The Hall–Kier alpha value is -2.56. The van der Waals surface area contributed by atoms with E-state index in [9.17, 15) is 9.59 Å². The summed E-state index contributed by atoms with van der Waals surface area (Å²) in [6.45, 7) is 6.15. The molecule has 1 aromatic heterocycles. The van der Waals surface area contributed by atoms with Gasteiger partial charge in [0.15, 0.2) is 6.10 Å². The third-order valence-corrected chi connectivity index (χ3v) is 3.66. The first-order valence-corrected chi connectivity index (χ1v) is 8.57. The molecule has 2 rings (SSSR count). The summed E-state index contributed by atoms with van der Waals surface area (Å²) in [5.74, 6) is 1.15. The molecule has 25 heavy (non-hydrogen) atoms. The fourth-order valence-electron chi connectivity index (χ4n) is 2.25. The monoisotopic (exact) mass is 343 g/mol. The molecule has 1 atom stereocenters. The van der Waals surface area contributed by atoms with Crippen LogP contribution in [0.5, 0.6) is 0 Å². The van der Waals surface area contributed by atoms with Crippen molar-refractivity contribution in [2.24, 2.45) is 5.92 Å². The minimum Gasteiger partial charge on any atom is -0.461 e. The van der Waals surface area contributed by atoms with Crippen LogP contribution in [0.1, 0.15) is 33.0 Å². The van der Waals surface area contributed by atoms with E-state index in [1.807, 2.05) is 56.3 Å². The van der Waals surface area contributed by atoms with Crippen molar-refractivity contribution in [1.29, 1.82) is 0 Å². The highest BCUT2D eigenvalue weighted by molar-refractivity contribution is 5.83. The van der Waals surface area contributed by atoms with Crippen LogP contribution < -0.4 is 5.32 Å². The summed E-state index contributed by atoms with van der Waals surface area (Å²) in [6, 6.07) is 13.5. The van der Waals surface area contributed by atoms with Crippen LogP contribution in [0.25, 0.3) is 11.3 Å². The van der Waals surface area contributed by atoms with E-state index in [1.54, 1.807) is 6.92 Å². The molecule has 5 nitrogen and oxygen atoms in total. The topological polar surface area (TPSA) is 68.5 Å². The van der Waals surface area contributed by atoms with Gasteiger partial charge < -0.3 is 14.5 Å². The largest absolute Gasteiger partial charge is 0.461 e. The van der Waals surface area contributed by atoms with E-state index in [4.69, 9.17) is 9.15 Å². The Bertz CT molecular complexity index is 691. The van der Waals surface area contributed by atoms with Crippen molar-refractivity contribution >= 4 is 11.9 Å². The summed E-state index contributed by atoms with van der Waals surface area (Å²) in [7, 11) is 0. The summed E-state index contributed by atoms with van der Waals surface area (Å²) in [5.41, 5.74) is 0.992. The van der Waals surface area contributed by atoms with Crippen molar-refractivity contribution in [3.05, 3.63) is 48.2 Å². The van der Waals surface area contributed by atoms with Gasteiger partial charge in [0, 0.05) is 18.5 Å². The molecular formula is C20H25NO4. The highest BCUT2D eigenvalue weighted by Crippen LogP contribution is 2.22. The smallest absolute Gasteiger partial charge is 0.307 e. The van der Waals surface area contributed by atoms with Crippen LogP contribution >= 0.6 is 0 Å². The number of carbonyl (C=O) groups excluding carboxylic acids is 2. The molecule has 1 amide bonds. The van der Waals surface area contributed by atoms with Crippen LogP contribution in [-0.4, -0.2) is 24.5 Å². The minimum absolute atomic E-state index is 0.170. The lowest BCUT2D eigenvalue weighted by molar-refractivity contribution is -0.154. The molecule has 5 heteroatoms. The third kappa shape index (κ3) is 6.10. The third-order valence-electron chi connectivity index (χ3n) is 3.66. The van der Waals surface area contributed by atoms with Crippen molar-refractivity contribution < 1.29 is 18.7 Å². The van der Waals surface area contributed by atoms with E-state index in [0.717, 1.165) is 11.3 Å². The molecule has 1 aromatic carbocycles. The van der Waals surface area contributed by atoms with Gasteiger partial charge >= 0.3 is 5.97 Å². The zero-order chi connectivity index (χ0) is 18.2. The Labute approximate surface area is 148 Å². The molecule has 134 valence electrons. The lowest BCUT2D eigenvalue weighted by Gasteiger charge is -2.14. The summed E-state index contributed by atoms with van der Waals surface area (Å²) in [5, 5.41) is 2.75. The minimum atomic E-state index is -0.789. The summed E-state index contributed by atoms with van der Waals surface area (Å²) < 4.78 is 10.9. The van der Waals surface area contributed by atoms with Crippen molar-refractivity contribution in [3.8, 4) is 11.3 Å². The van der Waals surface area contributed by atoms with Gasteiger partial charge in [0.1, 0.15) is 11.5 Å². The molecule has 1 heterocycles. The van der Waals surface area contributed by atoms with Crippen LogP contribution in [0.15, 0.2) is 46.9 Å². The van der Waals surface area contributed by atoms with Crippen molar-refractivity contribution in [3.63, 3.8) is 0 Å². The van der Waals surface area contributed by atoms with E-state index in [0.29, 0.717) is 24.6 Å². The SMILES string of the molecule is CC(C)CNC(=O)[C@H](C)OC(=O)CCc1ccc(-c2ccccc2)o1. The number of nitrogens with one attached hydrogen (secondary N) is 1. The Morgan fingerprint density at radius 1 is 1.08 bits per heavy atom. The highest BCUT2D eigenvalue weighted by Gasteiger charge is 2.18. The first-order valence-electron chi connectivity index (χ1n) is 8.57. The fourth-order valence-corrected chi connectivity index (χ4v) is 2.25. The summed E-state index contributed by atoms with van der Waals surface area (Å²) in [6.07, 6.45) is -0.182. The predicted molar refractivity (Wildman–Crippen MR) is 95.9 cm³/mol. The second-order valence-corrected chi connectivity index (χ2v) is 6.40. The van der Waals surface area contributed by atoms with Crippen LogP contribution in [0.2, 0.25) is 0 Å². The number of furan rings is 1. The molecule has 2 aromatic rings. The second kappa shape index (κ2) is 9.06. The normalized spacial score (nSPS) is 12.0. The van der Waals surface area contributed by atoms with Crippen LogP contribution in [0, 0.1) is 5.92 Å². The van der Waals surface area contributed by atoms with E-state index >= 15 is 0 Å². The summed E-state index contributed by atoms with van der Waals surface area (Å²) in [4.78, 5) is 23.7. The number of esters is 1. The van der Waals surface area contributed by atoms with Gasteiger partial charge in [0.25, 0.3) is 5.91 Å². The number of rotatable bonds is 8. The molecule has 0 aliphatic rings. The zero-order valence-electron chi connectivity index (χ0n) is 15.0. The molecule has 0 saturated heterocycles. The maximum absolute atomic E-state index is 11.9.